The molecule has 0 atom stereocenters. The van der Waals surface area contributed by atoms with Gasteiger partial charge in [0.15, 0.2) is 0 Å². The molecule has 0 aliphatic heterocycles. The van der Waals surface area contributed by atoms with Crippen molar-refractivity contribution in [2.75, 3.05) is 31.7 Å². The third kappa shape index (κ3) is 9.48. The molecular formula is C10H14F3NO5S. The molecule has 1 amide bonds. The molecule has 0 rings (SSSR count). The maximum Gasteiger partial charge on any atom is 0.406 e. The maximum absolute atomic E-state index is 12.3. The quantitative estimate of drug-likeness (QED) is 0.665. The zero-order chi connectivity index (χ0) is 15.8. The summed E-state index contributed by atoms with van der Waals surface area (Å²) in [7, 11) is 1.08. The number of hydrogen-bond donors (Lipinski definition) is 1. The van der Waals surface area contributed by atoms with E-state index in [-0.39, 0.29) is 12.2 Å². The van der Waals surface area contributed by atoms with Gasteiger partial charge in [-0.1, -0.05) is 0 Å². The molecule has 0 aromatic heterocycles. The number of methoxy groups -OCH3 is 1. The van der Waals surface area contributed by atoms with Crippen molar-refractivity contribution < 1.29 is 37.4 Å². The van der Waals surface area contributed by atoms with Crippen LogP contribution in [0.2, 0.25) is 0 Å². The highest BCUT2D eigenvalue weighted by Crippen LogP contribution is 2.17. The molecular weight excluding hydrogens is 303 g/mol. The Morgan fingerprint density at radius 3 is 2.30 bits per heavy atom. The molecule has 0 spiro atoms. The van der Waals surface area contributed by atoms with Crippen LogP contribution in [0.3, 0.4) is 0 Å². The number of nitrogens with zero attached hydrogens (tertiary/aromatic N) is 1. The Morgan fingerprint density at radius 1 is 1.25 bits per heavy atom. The van der Waals surface area contributed by atoms with Crippen LogP contribution in [-0.2, 0) is 19.1 Å². The van der Waals surface area contributed by atoms with E-state index in [9.17, 15) is 27.6 Å². The van der Waals surface area contributed by atoms with Gasteiger partial charge in [-0.05, 0) is 0 Å². The summed E-state index contributed by atoms with van der Waals surface area (Å²) < 4.78 is 41.2. The van der Waals surface area contributed by atoms with Gasteiger partial charge in [-0.3, -0.25) is 14.4 Å². The number of ether oxygens (including phenoxy) is 1. The number of alkyl halides is 3. The van der Waals surface area contributed by atoms with E-state index in [2.05, 4.69) is 4.74 Å². The average Bonchev–Trinajstić information content (AvgIpc) is 2.31. The number of carboxylic acids is 1. The van der Waals surface area contributed by atoms with Crippen LogP contribution in [0.1, 0.15) is 6.42 Å². The van der Waals surface area contributed by atoms with E-state index < -0.39 is 42.9 Å². The monoisotopic (exact) mass is 317 g/mol. The highest BCUT2D eigenvalue weighted by molar-refractivity contribution is 8.00. The van der Waals surface area contributed by atoms with E-state index in [0.717, 1.165) is 7.11 Å². The van der Waals surface area contributed by atoms with Gasteiger partial charge in [0.2, 0.25) is 5.91 Å². The van der Waals surface area contributed by atoms with Gasteiger partial charge in [-0.15, -0.1) is 11.8 Å². The molecule has 10 heteroatoms. The predicted octanol–water partition coefficient (Wildman–Crippen LogP) is 0.758. The summed E-state index contributed by atoms with van der Waals surface area (Å²) in [6.45, 7) is -1.92. The average molecular weight is 317 g/mol. The van der Waals surface area contributed by atoms with E-state index in [1.54, 1.807) is 0 Å². The number of amides is 1. The Morgan fingerprint density at radius 2 is 1.85 bits per heavy atom. The molecule has 0 aliphatic rings. The van der Waals surface area contributed by atoms with Crippen LogP contribution in [-0.4, -0.2) is 65.7 Å². The summed E-state index contributed by atoms with van der Waals surface area (Å²) in [5.74, 6) is -3.56. The van der Waals surface area contributed by atoms with Gasteiger partial charge in [-0.25, -0.2) is 0 Å². The number of thioether (sulfide) groups is 1. The van der Waals surface area contributed by atoms with Gasteiger partial charge in [0.05, 0.1) is 25.0 Å². The largest absolute Gasteiger partial charge is 0.481 e. The van der Waals surface area contributed by atoms with E-state index >= 15 is 0 Å². The number of aliphatic carboxylic acids is 1. The van der Waals surface area contributed by atoms with Crippen LogP contribution in [0.5, 0.6) is 0 Å². The van der Waals surface area contributed by atoms with Crippen LogP contribution in [0.4, 0.5) is 13.2 Å². The van der Waals surface area contributed by atoms with Crippen LogP contribution < -0.4 is 0 Å². The minimum atomic E-state index is -4.59. The highest BCUT2D eigenvalue weighted by Gasteiger charge is 2.33. The van der Waals surface area contributed by atoms with Gasteiger partial charge in [-0.2, -0.15) is 13.2 Å². The topological polar surface area (TPSA) is 83.9 Å². The second-order valence-corrected chi connectivity index (χ2v) is 4.63. The lowest BCUT2D eigenvalue weighted by atomic mass is 10.3. The van der Waals surface area contributed by atoms with Crippen molar-refractivity contribution in [2.24, 2.45) is 0 Å². The fourth-order valence-corrected chi connectivity index (χ4v) is 1.79. The Labute approximate surface area is 117 Å². The molecule has 0 aliphatic carbocycles. The van der Waals surface area contributed by atoms with E-state index in [1.165, 1.54) is 0 Å². The van der Waals surface area contributed by atoms with E-state index in [0.29, 0.717) is 16.7 Å². The first-order chi connectivity index (χ1) is 9.15. The van der Waals surface area contributed by atoms with Gasteiger partial charge in [0.1, 0.15) is 6.54 Å². The minimum Gasteiger partial charge on any atom is -0.481 e. The Hall–Kier alpha value is -1.45. The summed E-state index contributed by atoms with van der Waals surface area (Å²) >= 11 is 0.690. The molecule has 0 heterocycles. The van der Waals surface area contributed by atoms with Crippen molar-refractivity contribution in [3.63, 3.8) is 0 Å². The molecule has 0 saturated carbocycles. The second-order valence-electron chi connectivity index (χ2n) is 3.64. The molecule has 116 valence electrons. The van der Waals surface area contributed by atoms with Crippen molar-refractivity contribution in [3.8, 4) is 0 Å². The summed E-state index contributed by atoms with van der Waals surface area (Å²) in [5.41, 5.74) is 0. The Kier molecular flexibility index (Phi) is 8.04. The van der Waals surface area contributed by atoms with Crippen LogP contribution in [0, 0.1) is 0 Å². The first-order valence-electron chi connectivity index (χ1n) is 5.36. The summed E-state index contributed by atoms with van der Waals surface area (Å²) in [4.78, 5) is 33.2. The summed E-state index contributed by atoms with van der Waals surface area (Å²) in [6, 6.07) is 0. The lowest BCUT2D eigenvalue weighted by Crippen LogP contribution is -2.41. The molecule has 0 aromatic carbocycles. The zero-order valence-electron chi connectivity index (χ0n) is 10.6. The Bertz CT molecular complexity index is 361. The normalized spacial score (nSPS) is 11.0. The number of hydrogen-bond acceptors (Lipinski definition) is 5. The number of carbonyl (C=O) groups is 3. The van der Waals surface area contributed by atoms with Gasteiger partial charge < -0.3 is 14.7 Å². The van der Waals surface area contributed by atoms with Gasteiger partial charge >= 0.3 is 18.1 Å². The van der Waals surface area contributed by atoms with Crippen molar-refractivity contribution in [3.05, 3.63) is 0 Å². The van der Waals surface area contributed by atoms with Gasteiger partial charge in [0, 0.05) is 6.54 Å². The molecule has 0 unspecified atom stereocenters. The third-order valence-electron chi connectivity index (χ3n) is 1.99. The van der Waals surface area contributed by atoms with E-state index in [4.69, 9.17) is 5.11 Å². The number of halogens is 3. The van der Waals surface area contributed by atoms with Crippen molar-refractivity contribution in [1.82, 2.24) is 4.90 Å². The summed E-state index contributed by atoms with van der Waals surface area (Å²) in [5, 5.41) is 8.37. The van der Waals surface area contributed by atoms with Crippen LogP contribution in [0.25, 0.3) is 0 Å². The van der Waals surface area contributed by atoms with Crippen molar-refractivity contribution in [1.29, 1.82) is 0 Å². The summed E-state index contributed by atoms with van der Waals surface area (Å²) in [6.07, 6.45) is -4.95. The fraction of sp³-hybridized carbons (Fsp3) is 0.700. The smallest absolute Gasteiger partial charge is 0.406 e. The second kappa shape index (κ2) is 8.67. The standard InChI is InChI=1S/C10H14F3NO5S/c1-19-9(18)2-3-14(6-10(11,12)13)7(15)4-20-5-8(16)17/h2-6H2,1H3,(H,16,17). The first-order valence-corrected chi connectivity index (χ1v) is 6.52. The number of rotatable bonds is 8. The molecule has 20 heavy (non-hydrogen) atoms. The zero-order valence-corrected chi connectivity index (χ0v) is 11.4. The van der Waals surface area contributed by atoms with Crippen LogP contribution >= 0.6 is 11.8 Å². The number of carboxylic acid groups (broad SMARTS) is 1. The molecule has 1 N–H and O–H groups in total. The van der Waals surface area contributed by atoms with Crippen molar-refractivity contribution >= 4 is 29.6 Å². The lowest BCUT2D eigenvalue weighted by molar-refractivity contribution is -0.161. The molecule has 6 nitrogen and oxygen atoms in total. The maximum atomic E-state index is 12.3. The molecule has 0 fully saturated rings. The minimum absolute atomic E-state index is 0.359. The van der Waals surface area contributed by atoms with E-state index in [1.807, 2.05) is 0 Å². The molecule has 0 saturated heterocycles. The van der Waals surface area contributed by atoms with Crippen LogP contribution in [0.15, 0.2) is 0 Å². The predicted molar refractivity (Wildman–Crippen MR) is 64.2 cm³/mol. The van der Waals surface area contributed by atoms with Crippen molar-refractivity contribution in [2.45, 2.75) is 12.6 Å². The third-order valence-corrected chi connectivity index (χ3v) is 2.89. The SMILES string of the molecule is COC(=O)CCN(CC(F)(F)F)C(=O)CSCC(=O)O. The lowest BCUT2D eigenvalue weighted by Gasteiger charge is -2.23. The Balaban J connectivity index is 4.45. The highest BCUT2D eigenvalue weighted by atomic mass is 32.2. The first kappa shape index (κ1) is 18.6. The molecule has 0 aromatic rings. The fourth-order valence-electron chi connectivity index (χ4n) is 1.15. The number of carbonyl (C=O) groups excluding carboxylic acids is 2. The van der Waals surface area contributed by atoms with Gasteiger partial charge in [0.25, 0.3) is 0 Å². The molecule has 0 bridgehead atoms. The molecule has 0 radical (unpaired) electrons. The number of esters is 1.